The molecular formula is C33H40O22. The molecule has 3 fully saturated rings. The minimum Gasteiger partial charge on any atom is -0.508 e. The van der Waals surface area contributed by atoms with E-state index in [0.29, 0.717) is 0 Å². The first-order chi connectivity index (χ1) is 25.9. The van der Waals surface area contributed by atoms with E-state index in [0.717, 1.165) is 24.3 Å². The fourth-order valence-corrected chi connectivity index (χ4v) is 6.39. The zero-order valence-electron chi connectivity index (χ0n) is 28.4. The summed E-state index contributed by atoms with van der Waals surface area (Å²) < 4.78 is 39.0. The van der Waals surface area contributed by atoms with Crippen LogP contribution in [0.5, 0.6) is 34.5 Å². The fraction of sp³-hybridized carbons (Fsp3) is 0.545. The summed E-state index contributed by atoms with van der Waals surface area (Å²) in [7, 11) is 0. The molecule has 0 radical (unpaired) electrons. The molecule has 0 amide bonds. The fourth-order valence-electron chi connectivity index (χ4n) is 6.39. The van der Waals surface area contributed by atoms with Crippen molar-refractivity contribution in [2.75, 3.05) is 13.2 Å². The molecule has 3 saturated heterocycles. The van der Waals surface area contributed by atoms with Crippen LogP contribution < -0.4 is 10.2 Å². The van der Waals surface area contributed by atoms with E-state index in [9.17, 15) is 76.3 Å². The van der Waals surface area contributed by atoms with Gasteiger partial charge in [-0.2, -0.15) is 0 Å². The maximum atomic E-state index is 13.8. The van der Waals surface area contributed by atoms with Gasteiger partial charge in [0.1, 0.15) is 89.6 Å². The average molecular weight is 789 g/mol. The quantitative estimate of drug-likeness (QED) is 0.0915. The Kier molecular flexibility index (Phi) is 11.6. The third-order valence-electron chi connectivity index (χ3n) is 9.50. The molecule has 1 aromatic heterocycles. The molecule has 6 rings (SSSR count). The second-order valence-corrected chi connectivity index (χ2v) is 13.2. The average Bonchev–Trinajstić information content (AvgIpc) is 3.14. The summed E-state index contributed by atoms with van der Waals surface area (Å²) in [6.07, 6.45) is -26.5. The van der Waals surface area contributed by atoms with Crippen LogP contribution in [0, 0.1) is 0 Å². The molecule has 3 aromatic rings. The number of aromatic hydroxyl groups is 5. The lowest BCUT2D eigenvalue weighted by molar-refractivity contribution is -0.362. The number of aliphatic hydroxyl groups is 9. The van der Waals surface area contributed by atoms with Gasteiger partial charge in [-0.05, 0) is 19.1 Å². The van der Waals surface area contributed by atoms with Gasteiger partial charge in [0.2, 0.25) is 17.5 Å². The first-order valence-electron chi connectivity index (χ1n) is 16.7. The highest BCUT2D eigenvalue weighted by atomic mass is 16.7. The van der Waals surface area contributed by atoms with Gasteiger partial charge in [-0.15, -0.1) is 0 Å². The molecule has 0 saturated carbocycles. The Morgan fingerprint density at radius 1 is 0.655 bits per heavy atom. The van der Waals surface area contributed by atoms with E-state index >= 15 is 0 Å². The van der Waals surface area contributed by atoms with E-state index in [-0.39, 0.29) is 5.56 Å². The molecule has 3 aliphatic heterocycles. The smallest absolute Gasteiger partial charge is 0.239 e. The predicted octanol–water partition coefficient (Wildman–Crippen LogP) is -4.16. The normalized spacial score (nSPS) is 36.9. The van der Waals surface area contributed by atoms with Gasteiger partial charge < -0.3 is 104 Å². The number of hydrogen-bond acceptors (Lipinski definition) is 22. The van der Waals surface area contributed by atoms with Gasteiger partial charge in [0, 0.05) is 17.7 Å². The summed E-state index contributed by atoms with van der Waals surface area (Å²) in [5.41, 5.74) is -1.90. The van der Waals surface area contributed by atoms with Gasteiger partial charge in [-0.3, -0.25) is 4.79 Å². The molecule has 15 atom stereocenters. The second-order valence-electron chi connectivity index (χ2n) is 13.2. The third kappa shape index (κ3) is 7.58. The van der Waals surface area contributed by atoms with Gasteiger partial charge >= 0.3 is 0 Å². The van der Waals surface area contributed by atoms with Crippen LogP contribution in [-0.2, 0) is 23.7 Å². The molecule has 304 valence electrons. The van der Waals surface area contributed by atoms with Crippen LogP contribution >= 0.6 is 0 Å². The largest absolute Gasteiger partial charge is 0.508 e. The number of aliphatic hydroxyl groups excluding tert-OH is 9. The number of ether oxygens (including phenoxy) is 6. The van der Waals surface area contributed by atoms with E-state index in [2.05, 4.69) is 0 Å². The lowest BCUT2D eigenvalue weighted by atomic mass is 9.97. The summed E-state index contributed by atoms with van der Waals surface area (Å²) in [4.78, 5) is 13.8. The monoisotopic (exact) mass is 788 g/mol. The number of fused-ring (bicyclic) bond motifs is 1. The van der Waals surface area contributed by atoms with Crippen molar-refractivity contribution in [3.05, 3.63) is 34.5 Å². The van der Waals surface area contributed by atoms with Crippen molar-refractivity contribution in [1.29, 1.82) is 0 Å². The van der Waals surface area contributed by atoms with Crippen molar-refractivity contribution in [3.63, 3.8) is 0 Å². The molecule has 4 heterocycles. The summed E-state index contributed by atoms with van der Waals surface area (Å²) in [6.45, 7) is -0.304. The topological polar surface area (TPSA) is 369 Å². The standard InChI is InChI=1S/C33H40O22/c1-8-18(39)23(44)25(46)32(50-8)54-29-21(42)15(6-34)52-31(27(29)48)49-7-16-20(41)24(45)26(47)33(53-16)55-30-22(43)17-11(36)4-10(35)5-14(17)51-28(30)9-2-12(37)19(40)13(38)3-9/h2-5,8,15-16,18,20-21,23-27,29,31-42,44-48H,6-7H2,1H3/t8?,15?,16?,18-,20+,21+,23-,24?,25?,26?,27?,29-,31+,32-,33-/m0/s1. The van der Waals surface area contributed by atoms with Crippen LogP contribution in [0.4, 0.5) is 0 Å². The predicted molar refractivity (Wildman–Crippen MR) is 174 cm³/mol. The van der Waals surface area contributed by atoms with Gasteiger partial charge in [-0.25, -0.2) is 0 Å². The minimum atomic E-state index is -2.12. The van der Waals surface area contributed by atoms with Crippen molar-refractivity contribution in [1.82, 2.24) is 0 Å². The Labute approximate surface area is 307 Å². The first kappa shape index (κ1) is 40.6. The van der Waals surface area contributed by atoms with E-state index in [1.165, 1.54) is 6.92 Å². The summed E-state index contributed by atoms with van der Waals surface area (Å²) >= 11 is 0. The summed E-state index contributed by atoms with van der Waals surface area (Å²) in [5.74, 6) is -5.49. The minimum absolute atomic E-state index is 0.317. The molecule has 22 nitrogen and oxygen atoms in total. The third-order valence-corrected chi connectivity index (χ3v) is 9.50. The number of benzene rings is 2. The number of phenolic OH excluding ortho intramolecular Hbond substituents is 5. The SMILES string of the molecule is CC1O[C@@H](O[C@@H]2C(O)[C@H](OCC3O[C@@H](Oc4c(-c5cc(O)c(O)c(O)c5)oc5cc(O)cc(O)c5c4=O)C(O)C(O)[C@@H]3O)OC(CO)[C@H]2O)C(O)[C@@H](O)[C@H]1O. The molecule has 22 heteroatoms. The summed E-state index contributed by atoms with van der Waals surface area (Å²) in [5, 5.41) is 145. The van der Waals surface area contributed by atoms with Crippen LogP contribution in [0.25, 0.3) is 22.3 Å². The Morgan fingerprint density at radius 3 is 1.93 bits per heavy atom. The zero-order valence-corrected chi connectivity index (χ0v) is 28.4. The van der Waals surface area contributed by atoms with E-state index in [1.54, 1.807) is 0 Å². The molecule has 55 heavy (non-hydrogen) atoms. The number of phenols is 5. The molecule has 0 aliphatic carbocycles. The number of hydrogen-bond donors (Lipinski definition) is 14. The first-order valence-corrected chi connectivity index (χ1v) is 16.7. The van der Waals surface area contributed by atoms with Crippen molar-refractivity contribution in [2.45, 2.75) is 99.0 Å². The highest BCUT2D eigenvalue weighted by molar-refractivity contribution is 5.88. The second kappa shape index (κ2) is 15.8. The van der Waals surface area contributed by atoms with Gasteiger partial charge in [-0.1, -0.05) is 0 Å². The molecule has 14 N–H and O–H groups in total. The van der Waals surface area contributed by atoms with E-state index in [4.69, 9.17) is 32.8 Å². The Morgan fingerprint density at radius 2 is 1.27 bits per heavy atom. The molecule has 0 bridgehead atoms. The van der Waals surface area contributed by atoms with Crippen molar-refractivity contribution < 1.29 is 104 Å². The maximum Gasteiger partial charge on any atom is 0.239 e. The highest BCUT2D eigenvalue weighted by Crippen LogP contribution is 2.43. The number of rotatable bonds is 9. The van der Waals surface area contributed by atoms with Gasteiger partial charge in [0.15, 0.2) is 35.6 Å². The highest BCUT2D eigenvalue weighted by Gasteiger charge is 2.52. The Balaban J connectivity index is 1.26. The molecular weight excluding hydrogens is 748 g/mol. The molecule has 3 aliphatic rings. The van der Waals surface area contributed by atoms with Crippen LogP contribution in [0.2, 0.25) is 0 Å². The van der Waals surface area contributed by atoms with Gasteiger partial charge in [0.25, 0.3) is 0 Å². The van der Waals surface area contributed by atoms with Crippen LogP contribution in [0.15, 0.2) is 33.5 Å². The summed E-state index contributed by atoms with van der Waals surface area (Å²) in [6, 6.07) is 3.44. The molecule has 7 unspecified atom stereocenters. The van der Waals surface area contributed by atoms with E-state index < -0.39 is 162 Å². The van der Waals surface area contributed by atoms with Crippen LogP contribution in [-0.4, -0.2) is 177 Å². The Bertz CT molecular complexity index is 1880. The molecule has 0 spiro atoms. The van der Waals surface area contributed by atoms with Crippen molar-refractivity contribution >= 4 is 11.0 Å². The van der Waals surface area contributed by atoms with Crippen molar-refractivity contribution in [3.8, 4) is 45.8 Å². The Hall–Kier alpha value is -4.11. The lowest BCUT2D eigenvalue weighted by Gasteiger charge is -2.46. The lowest BCUT2D eigenvalue weighted by Crippen LogP contribution is -2.65. The zero-order chi connectivity index (χ0) is 40.2. The van der Waals surface area contributed by atoms with E-state index in [1.807, 2.05) is 0 Å². The molecule has 2 aromatic carbocycles. The maximum absolute atomic E-state index is 13.8. The van der Waals surface area contributed by atoms with Crippen LogP contribution in [0.3, 0.4) is 0 Å². The van der Waals surface area contributed by atoms with Gasteiger partial charge in [0.05, 0.1) is 19.3 Å². The van der Waals surface area contributed by atoms with Crippen molar-refractivity contribution in [2.24, 2.45) is 0 Å². The van der Waals surface area contributed by atoms with Crippen LogP contribution in [0.1, 0.15) is 6.92 Å².